The maximum atomic E-state index is 12.6. The van der Waals surface area contributed by atoms with Crippen molar-refractivity contribution in [1.82, 2.24) is 15.2 Å². The first-order valence-electron chi connectivity index (χ1n) is 10.4. The van der Waals surface area contributed by atoms with Crippen LogP contribution < -0.4 is 26.4 Å². The standard InChI is InChI=1S/C20H23N5O5S.C2H4O2/c21-19(22)15-8-6-14(7-9-15)13-23-18(26)12-17-20(27)25(10-11-30-17)24-31(28,29)16-4-2-1-3-5-16;1-2(3)4/h1-9,17,24H,10-13H2,(H3,21,22)(H,23,26);1H3,(H,3,4)/t17-;/m0./s1. The van der Waals surface area contributed by atoms with E-state index in [1.165, 1.54) is 12.1 Å². The molecule has 6 N–H and O–H groups in total. The quantitative estimate of drug-likeness (QED) is 0.215. The number of nitrogens with one attached hydrogen (secondary N) is 2. The van der Waals surface area contributed by atoms with Crippen LogP contribution >= 0.6 is 0 Å². The van der Waals surface area contributed by atoms with Gasteiger partial charge in [-0.05, 0) is 36.8 Å². The summed E-state index contributed by atoms with van der Waals surface area (Å²) in [5, 5.41) is 18.1. The van der Waals surface area contributed by atoms with Crippen LogP contribution in [0.2, 0.25) is 0 Å². The van der Waals surface area contributed by atoms with Crippen LogP contribution in [0.4, 0.5) is 0 Å². The Kier molecular flexibility index (Phi) is 9.87. The number of carboxylic acid groups (broad SMARTS) is 1. The van der Waals surface area contributed by atoms with Gasteiger partial charge in [-0.1, -0.05) is 30.3 Å². The number of carbonyl (C=O) groups is 3. The Balaban J connectivity index is 0.00000100. The predicted octanol–water partition coefficient (Wildman–Crippen LogP) is -2.97. The number of morpholine rings is 1. The summed E-state index contributed by atoms with van der Waals surface area (Å²) >= 11 is 0. The number of carboxylic acids is 1. The van der Waals surface area contributed by atoms with E-state index in [0.717, 1.165) is 17.5 Å². The molecule has 0 bridgehead atoms. The number of sulfonamides is 1. The van der Waals surface area contributed by atoms with Crippen molar-refractivity contribution >= 4 is 33.6 Å². The average Bonchev–Trinajstić information content (AvgIpc) is 2.81. The zero-order valence-electron chi connectivity index (χ0n) is 19.0. The van der Waals surface area contributed by atoms with Crippen LogP contribution in [0.3, 0.4) is 0 Å². The van der Waals surface area contributed by atoms with E-state index in [1.54, 1.807) is 42.5 Å². The molecule has 188 valence electrons. The van der Waals surface area contributed by atoms with E-state index < -0.39 is 33.9 Å². The largest absolute Gasteiger partial charge is 0.550 e. The zero-order valence-corrected chi connectivity index (χ0v) is 19.8. The third-order valence-corrected chi connectivity index (χ3v) is 5.96. The number of aliphatic carboxylic acids is 1. The van der Waals surface area contributed by atoms with Gasteiger partial charge < -0.3 is 20.0 Å². The third-order valence-electron chi connectivity index (χ3n) is 4.61. The Morgan fingerprint density at radius 2 is 1.77 bits per heavy atom. The summed E-state index contributed by atoms with van der Waals surface area (Å²) in [6, 6.07) is 14.7. The molecule has 13 heteroatoms. The normalized spacial score (nSPS) is 15.5. The van der Waals surface area contributed by atoms with E-state index in [4.69, 9.17) is 25.8 Å². The highest BCUT2D eigenvalue weighted by Gasteiger charge is 2.34. The first-order valence-corrected chi connectivity index (χ1v) is 11.9. The number of benzene rings is 2. The molecular weight excluding hydrogens is 478 g/mol. The third kappa shape index (κ3) is 8.81. The predicted molar refractivity (Wildman–Crippen MR) is 122 cm³/mol. The van der Waals surface area contributed by atoms with Gasteiger partial charge in [0.2, 0.25) is 5.91 Å². The van der Waals surface area contributed by atoms with Crippen LogP contribution in [0.5, 0.6) is 0 Å². The number of ether oxygens (including phenoxy) is 1. The molecular formula is C22H27N5O7S. The smallest absolute Gasteiger partial charge is 0.270 e. The highest BCUT2D eigenvalue weighted by atomic mass is 32.2. The maximum absolute atomic E-state index is 12.6. The molecule has 35 heavy (non-hydrogen) atoms. The van der Waals surface area contributed by atoms with Crippen molar-refractivity contribution in [2.24, 2.45) is 5.73 Å². The molecule has 1 saturated heterocycles. The summed E-state index contributed by atoms with van der Waals surface area (Å²) in [5.41, 5.74) is 7.03. The summed E-state index contributed by atoms with van der Waals surface area (Å²) in [6.07, 6.45) is -1.31. The van der Waals surface area contributed by atoms with E-state index in [2.05, 4.69) is 10.1 Å². The van der Waals surface area contributed by atoms with E-state index >= 15 is 0 Å². The lowest BCUT2D eigenvalue weighted by atomic mass is 10.1. The minimum Gasteiger partial charge on any atom is -0.550 e. The van der Waals surface area contributed by atoms with Gasteiger partial charge in [-0.2, -0.15) is 0 Å². The second-order valence-electron chi connectivity index (χ2n) is 7.38. The number of rotatable bonds is 8. The molecule has 1 aliphatic rings. The molecule has 1 fully saturated rings. The molecule has 0 aromatic heterocycles. The Morgan fingerprint density at radius 3 is 2.34 bits per heavy atom. The van der Waals surface area contributed by atoms with Gasteiger partial charge in [0.25, 0.3) is 21.8 Å². The van der Waals surface area contributed by atoms with E-state index in [-0.39, 0.29) is 36.8 Å². The van der Waals surface area contributed by atoms with Crippen LogP contribution in [-0.4, -0.2) is 56.3 Å². The minimum atomic E-state index is -3.92. The zero-order chi connectivity index (χ0) is 26.0. The summed E-state index contributed by atoms with van der Waals surface area (Å²) < 4.78 is 30.3. The highest BCUT2D eigenvalue weighted by molar-refractivity contribution is 7.89. The Labute approximate surface area is 202 Å². The molecule has 1 aliphatic heterocycles. The molecule has 0 aliphatic carbocycles. The van der Waals surface area contributed by atoms with Crippen molar-refractivity contribution < 1.29 is 38.1 Å². The Hall–Kier alpha value is -3.81. The number of amidine groups is 1. The van der Waals surface area contributed by atoms with Crippen LogP contribution in [0.25, 0.3) is 0 Å². The van der Waals surface area contributed by atoms with Crippen molar-refractivity contribution in [2.75, 3.05) is 13.2 Å². The number of amides is 2. The molecule has 1 atom stereocenters. The van der Waals surface area contributed by atoms with Gasteiger partial charge in [-0.3, -0.25) is 25.7 Å². The van der Waals surface area contributed by atoms with Crippen molar-refractivity contribution in [3.63, 3.8) is 0 Å². The molecule has 0 unspecified atom stereocenters. The van der Waals surface area contributed by atoms with E-state index in [9.17, 15) is 18.0 Å². The summed E-state index contributed by atoms with van der Waals surface area (Å²) in [4.78, 5) is 36.1. The van der Waals surface area contributed by atoms with Crippen LogP contribution in [0.1, 0.15) is 24.5 Å². The van der Waals surface area contributed by atoms with Gasteiger partial charge >= 0.3 is 0 Å². The Morgan fingerprint density at radius 1 is 1.17 bits per heavy atom. The summed E-state index contributed by atoms with van der Waals surface area (Å²) in [6.45, 7) is 1.35. The fourth-order valence-electron chi connectivity index (χ4n) is 2.93. The summed E-state index contributed by atoms with van der Waals surface area (Å²) in [5.74, 6) is -1.91. The van der Waals surface area contributed by atoms with Crippen molar-refractivity contribution in [1.29, 1.82) is 0 Å². The molecule has 0 radical (unpaired) electrons. The van der Waals surface area contributed by atoms with Crippen LogP contribution in [-0.2, 0) is 35.7 Å². The molecule has 0 spiro atoms. The molecule has 2 amide bonds. The molecule has 1 heterocycles. The maximum Gasteiger partial charge on any atom is 0.270 e. The number of hydrogen-bond acceptors (Lipinski definition) is 7. The fourth-order valence-corrected chi connectivity index (χ4v) is 4.02. The highest BCUT2D eigenvalue weighted by Crippen LogP contribution is 2.13. The molecule has 0 saturated carbocycles. The number of hydrazine groups is 1. The first-order chi connectivity index (χ1) is 16.5. The van der Waals surface area contributed by atoms with Crippen molar-refractivity contribution in [3.8, 4) is 0 Å². The number of nitrogens with two attached hydrogens (primary N) is 2. The Bertz CT molecular complexity index is 1150. The lowest BCUT2D eigenvalue weighted by Gasteiger charge is -2.31. The van der Waals surface area contributed by atoms with Gasteiger partial charge in [0.05, 0.1) is 30.0 Å². The number of carbonyl (C=O) groups excluding carboxylic acids is 3. The second kappa shape index (κ2) is 12.6. The van der Waals surface area contributed by atoms with E-state index in [0.29, 0.717) is 5.56 Å². The second-order valence-corrected chi connectivity index (χ2v) is 9.04. The van der Waals surface area contributed by atoms with Crippen LogP contribution in [0.15, 0.2) is 59.5 Å². The van der Waals surface area contributed by atoms with Gasteiger partial charge in [0, 0.05) is 12.5 Å². The minimum absolute atomic E-state index is 0.0311. The molecule has 12 nitrogen and oxygen atoms in total. The SMILES string of the molecule is CC(=O)[O-].NC(=[NH2+])c1ccc(CNC(=O)C[C@@H]2OCCN(NS(=O)(=O)c3ccccc3)C2=O)cc1. The molecule has 2 aromatic carbocycles. The van der Waals surface area contributed by atoms with Crippen LogP contribution in [0, 0.1) is 0 Å². The summed E-state index contributed by atoms with van der Waals surface area (Å²) in [7, 11) is -3.92. The van der Waals surface area contributed by atoms with Gasteiger partial charge in [-0.25, -0.2) is 8.42 Å². The van der Waals surface area contributed by atoms with Crippen molar-refractivity contribution in [3.05, 3.63) is 65.7 Å². The van der Waals surface area contributed by atoms with E-state index in [1.807, 2.05) is 0 Å². The van der Waals surface area contributed by atoms with Gasteiger partial charge in [0.1, 0.15) is 6.10 Å². The van der Waals surface area contributed by atoms with Gasteiger partial charge in [0.15, 0.2) is 0 Å². The number of nitrogens with zero attached hydrogens (tertiary/aromatic N) is 1. The fraction of sp³-hybridized carbons (Fsp3) is 0.273. The number of hydrogen-bond donors (Lipinski definition) is 4. The topological polar surface area (TPSA) is 197 Å². The first kappa shape index (κ1) is 27.4. The molecule has 3 rings (SSSR count). The van der Waals surface area contributed by atoms with Gasteiger partial charge in [-0.15, -0.1) is 4.83 Å². The monoisotopic (exact) mass is 505 g/mol. The van der Waals surface area contributed by atoms with Crippen molar-refractivity contribution in [2.45, 2.75) is 30.9 Å². The average molecular weight is 506 g/mol. The lowest BCUT2D eigenvalue weighted by Crippen LogP contribution is -2.56. The molecule has 2 aromatic rings. The lowest BCUT2D eigenvalue weighted by molar-refractivity contribution is -0.302.